The first-order chi connectivity index (χ1) is 28.7. The molecule has 0 fully saturated rings. The van der Waals surface area contributed by atoms with Crippen LogP contribution in [-0.2, 0) is 6.42 Å². The van der Waals surface area contributed by atoms with Gasteiger partial charge in [-0.1, -0.05) is 152 Å². The molecule has 12 rings (SSSR count). The molecule has 11 aromatic rings. The number of hydrogen-bond acceptors (Lipinski definition) is 5. The first-order valence-corrected chi connectivity index (χ1v) is 20.5. The van der Waals surface area contributed by atoms with Crippen molar-refractivity contribution < 1.29 is 4.42 Å². The summed E-state index contributed by atoms with van der Waals surface area (Å²) < 4.78 is 9.09. The number of furan rings is 1. The molecular formula is C53H33N3OS. The Balaban J connectivity index is 1.04. The molecule has 1 unspecified atom stereocenters. The second-order valence-electron chi connectivity index (χ2n) is 15.0. The molecule has 1 atom stereocenters. The van der Waals surface area contributed by atoms with Crippen molar-refractivity contribution in [2.24, 2.45) is 0 Å². The first kappa shape index (κ1) is 33.0. The highest BCUT2D eigenvalue weighted by molar-refractivity contribution is 7.25. The minimum absolute atomic E-state index is 0.182. The zero-order valence-electron chi connectivity index (χ0n) is 31.3. The zero-order chi connectivity index (χ0) is 38.2. The Bertz CT molecular complexity index is 3450. The quantitative estimate of drug-likeness (QED) is 0.164. The topological polar surface area (TPSA) is 51.8 Å². The lowest BCUT2D eigenvalue weighted by Gasteiger charge is -2.21. The molecule has 0 spiro atoms. The molecule has 1 aliphatic carbocycles. The molecule has 0 aliphatic heterocycles. The van der Waals surface area contributed by atoms with Crippen molar-refractivity contribution in [1.29, 1.82) is 0 Å². The van der Waals surface area contributed by atoms with Crippen LogP contribution in [0.1, 0.15) is 22.8 Å². The molecule has 5 heteroatoms. The monoisotopic (exact) mass is 759 g/mol. The average molecular weight is 760 g/mol. The first-order valence-electron chi connectivity index (χ1n) is 19.7. The van der Waals surface area contributed by atoms with Gasteiger partial charge in [0.05, 0.1) is 0 Å². The Morgan fingerprint density at radius 3 is 2.00 bits per heavy atom. The van der Waals surface area contributed by atoms with E-state index < -0.39 is 0 Å². The minimum atomic E-state index is 0.182. The van der Waals surface area contributed by atoms with Crippen LogP contribution >= 0.6 is 11.3 Å². The molecule has 0 amide bonds. The summed E-state index contributed by atoms with van der Waals surface area (Å²) in [5.41, 5.74) is 8.47. The molecule has 4 nitrogen and oxygen atoms in total. The van der Waals surface area contributed by atoms with Crippen molar-refractivity contribution in [3.63, 3.8) is 0 Å². The Hall–Kier alpha value is -7.21. The van der Waals surface area contributed by atoms with E-state index in [-0.39, 0.29) is 5.92 Å². The third-order valence-corrected chi connectivity index (χ3v) is 12.9. The van der Waals surface area contributed by atoms with Gasteiger partial charge in [-0.05, 0) is 75.0 Å². The summed E-state index contributed by atoms with van der Waals surface area (Å²) in [6.07, 6.45) is 5.33. The number of benzene rings is 8. The van der Waals surface area contributed by atoms with Crippen LogP contribution in [0.2, 0.25) is 0 Å². The molecule has 0 bridgehead atoms. The molecule has 0 radical (unpaired) electrons. The lowest BCUT2D eigenvalue weighted by Crippen LogP contribution is -2.06. The average Bonchev–Trinajstić information content (AvgIpc) is 3.87. The lowest BCUT2D eigenvalue weighted by atomic mass is 9.82. The second-order valence-corrected chi connectivity index (χ2v) is 16.1. The van der Waals surface area contributed by atoms with Gasteiger partial charge in [-0.2, -0.15) is 0 Å². The van der Waals surface area contributed by atoms with Gasteiger partial charge in [-0.25, -0.2) is 15.0 Å². The fourth-order valence-corrected chi connectivity index (χ4v) is 10.2. The highest BCUT2D eigenvalue weighted by Gasteiger charge is 2.26. The van der Waals surface area contributed by atoms with Crippen molar-refractivity contribution >= 4 is 70.1 Å². The third-order valence-electron chi connectivity index (χ3n) is 11.7. The lowest BCUT2D eigenvalue weighted by molar-refractivity contribution is 0.592. The summed E-state index contributed by atoms with van der Waals surface area (Å²) in [7, 11) is 0. The molecule has 272 valence electrons. The smallest absolute Gasteiger partial charge is 0.164 e. The largest absolute Gasteiger partial charge is 0.456 e. The van der Waals surface area contributed by atoms with Crippen LogP contribution < -0.4 is 0 Å². The molecule has 3 heterocycles. The second kappa shape index (κ2) is 13.2. The molecule has 0 saturated carbocycles. The van der Waals surface area contributed by atoms with E-state index in [1.807, 2.05) is 18.2 Å². The predicted octanol–water partition coefficient (Wildman–Crippen LogP) is 14.3. The predicted molar refractivity (Wildman–Crippen MR) is 241 cm³/mol. The fourth-order valence-electron chi connectivity index (χ4n) is 9.09. The van der Waals surface area contributed by atoms with E-state index in [4.69, 9.17) is 19.4 Å². The standard InChI is InChI=1S/C53H33N3OS/c1-2-14-32(15-3-1)51-54-52(56-53(55-51)42-24-13-27-48-50(42)41-22-10-11-26-47(41)58-48)40-21-9-8-20-38(40)39-23-12-25-46-49(39)44-31-34(28-29-45(44)57-46)43-30-33-16-4-5-17-35(33)36-18-6-7-19-37(36)43/h1-30,34H,31H2. The van der Waals surface area contributed by atoms with E-state index in [0.717, 1.165) is 51.0 Å². The normalized spacial score (nSPS) is 13.9. The number of thiophene rings is 1. The van der Waals surface area contributed by atoms with Gasteiger partial charge in [0, 0.05) is 53.7 Å². The van der Waals surface area contributed by atoms with Crippen LogP contribution in [0.15, 0.2) is 180 Å². The van der Waals surface area contributed by atoms with Crippen LogP contribution in [0.4, 0.5) is 0 Å². The van der Waals surface area contributed by atoms with Gasteiger partial charge in [0.1, 0.15) is 11.3 Å². The molecule has 8 aromatic carbocycles. The van der Waals surface area contributed by atoms with Gasteiger partial charge >= 0.3 is 0 Å². The number of hydrogen-bond donors (Lipinski definition) is 0. The van der Waals surface area contributed by atoms with Crippen molar-refractivity contribution in [2.75, 3.05) is 0 Å². The number of fused-ring (bicyclic) bond motifs is 9. The maximum Gasteiger partial charge on any atom is 0.164 e. The van der Waals surface area contributed by atoms with Gasteiger partial charge in [0.15, 0.2) is 17.5 Å². The zero-order valence-corrected chi connectivity index (χ0v) is 32.1. The fraction of sp³-hybridized carbons (Fsp3) is 0.0377. The highest BCUT2D eigenvalue weighted by Crippen LogP contribution is 2.45. The summed E-state index contributed by atoms with van der Waals surface area (Å²) in [4.78, 5) is 15.7. The summed E-state index contributed by atoms with van der Waals surface area (Å²) in [5.74, 6) is 3.03. The van der Waals surface area contributed by atoms with E-state index in [2.05, 4.69) is 164 Å². The van der Waals surface area contributed by atoms with Crippen LogP contribution in [0.25, 0.3) is 104 Å². The molecule has 0 saturated heterocycles. The summed E-state index contributed by atoms with van der Waals surface area (Å²) in [6, 6.07) is 60.1. The Morgan fingerprint density at radius 1 is 0.483 bits per heavy atom. The molecule has 0 N–H and O–H groups in total. The van der Waals surface area contributed by atoms with Crippen LogP contribution in [-0.4, -0.2) is 15.0 Å². The van der Waals surface area contributed by atoms with Crippen molar-refractivity contribution in [1.82, 2.24) is 15.0 Å². The molecular weight excluding hydrogens is 727 g/mol. The van der Waals surface area contributed by atoms with E-state index in [9.17, 15) is 0 Å². The van der Waals surface area contributed by atoms with Crippen molar-refractivity contribution in [3.8, 4) is 45.3 Å². The maximum absolute atomic E-state index is 6.64. The Labute approximate surface area is 338 Å². The SMILES string of the molecule is C1=CC(c2cc3ccccc3c3ccccc23)Cc2c1oc1cccc(-c3ccccc3-c3nc(-c4ccccc4)nc(-c4cccc5sc6ccccc6c45)n3)c21. The molecule has 58 heavy (non-hydrogen) atoms. The van der Waals surface area contributed by atoms with Gasteiger partial charge in [-0.3, -0.25) is 0 Å². The number of allylic oxidation sites excluding steroid dienone is 1. The third kappa shape index (κ3) is 5.24. The van der Waals surface area contributed by atoms with E-state index >= 15 is 0 Å². The van der Waals surface area contributed by atoms with E-state index in [1.165, 1.54) is 52.8 Å². The number of nitrogens with zero attached hydrogens (tertiary/aromatic N) is 3. The van der Waals surface area contributed by atoms with Gasteiger partial charge in [0.2, 0.25) is 0 Å². The highest BCUT2D eigenvalue weighted by atomic mass is 32.1. The summed E-state index contributed by atoms with van der Waals surface area (Å²) >= 11 is 1.80. The van der Waals surface area contributed by atoms with Gasteiger partial charge in [-0.15, -0.1) is 11.3 Å². The Morgan fingerprint density at radius 2 is 1.12 bits per heavy atom. The van der Waals surface area contributed by atoms with E-state index in [1.54, 1.807) is 11.3 Å². The van der Waals surface area contributed by atoms with Crippen molar-refractivity contribution in [3.05, 3.63) is 193 Å². The number of rotatable bonds is 5. The maximum atomic E-state index is 6.64. The number of aromatic nitrogens is 3. The van der Waals surface area contributed by atoms with E-state index in [0.29, 0.717) is 17.5 Å². The van der Waals surface area contributed by atoms with Crippen molar-refractivity contribution in [2.45, 2.75) is 12.3 Å². The van der Waals surface area contributed by atoms with Crippen LogP contribution in [0.3, 0.4) is 0 Å². The summed E-state index contributed by atoms with van der Waals surface area (Å²) in [5, 5.41) is 8.65. The minimum Gasteiger partial charge on any atom is -0.456 e. The molecule has 1 aliphatic rings. The summed E-state index contributed by atoms with van der Waals surface area (Å²) in [6.45, 7) is 0. The van der Waals surface area contributed by atoms with Crippen LogP contribution in [0, 0.1) is 0 Å². The molecule has 3 aromatic heterocycles. The van der Waals surface area contributed by atoms with Crippen LogP contribution in [0.5, 0.6) is 0 Å². The van der Waals surface area contributed by atoms with Gasteiger partial charge < -0.3 is 4.42 Å². The van der Waals surface area contributed by atoms with Gasteiger partial charge in [0.25, 0.3) is 0 Å². The Kier molecular flexibility index (Phi) is 7.50.